The van der Waals surface area contributed by atoms with Gasteiger partial charge in [0.25, 0.3) is 5.91 Å². The van der Waals surface area contributed by atoms with Gasteiger partial charge in [-0.1, -0.05) is 0 Å². The molecule has 0 fully saturated rings. The summed E-state index contributed by atoms with van der Waals surface area (Å²) in [6, 6.07) is 5.44. The number of nitrogen functional groups attached to an aromatic ring is 1. The highest BCUT2D eigenvalue weighted by atomic mass is 32.1. The first-order valence-electron chi connectivity index (χ1n) is 5.87. The average Bonchev–Trinajstić information content (AvgIpc) is 2.75. The Bertz CT molecular complexity index is 557. The third kappa shape index (κ3) is 3.30. The molecule has 100 valence electrons. The summed E-state index contributed by atoms with van der Waals surface area (Å²) in [7, 11) is 0. The van der Waals surface area contributed by atoms with E-state index >= 15 is 0 Å². The van der Waals surface area contributed by atoms with Crippen LogP contribution in [0.3, 0.4) is 0 Å². The zero-order valence-corrected chi connectivity index (χ0v) is 11.7. The summed E-state index contributed by atoms with van der Waals surface area (Å²) in [6.07, 6.45) is 1.52. The molecule has 1 amide bonds. The Labute approximate surface area is 115 Å². The lowest BCUT2D eigenvalue weighted by Crippen LogP contribution is -2.23. The summed E-state index contributed by atoms with van der Waals surface area (Å²) in [5.41, 5.74) is 4.77. The van der Waals surface area contributed by atoms with E-state index in [1.54, 1.807) is 23.5 Å². The number of nitrogens with two attached hydrogens (primary N) is 1. The van der Waals surface area contributed by atoms with Gasteiger partial charge in [-0.2, -0.15) is 0 Å². The average molecular weight is 276 g/mol. The monoisotopic (exact) mass is 276 g/mol. The Morgan fingerprint density at radius 3 is 2.74 bits per heavy atom. The molecule has 0 saturated heterocycles. The molecule has 0 atom stereocenters. The molecule has 5 nitrogen and oxygen atoms in total. The number of hydrogen-bond donors (Lipinski definition) is 3. The molecular weight excluding hydrogens is 260 g/mol. The van der Waals surface area contributed by atoms with Crippen LogP contribution >= 0.6 is 11.3 Å². The summed E-state index contributed by atoms with van der Waals surface area (Å²) in [5, 5.41) is 2.85. The molecule has 0 saturated carbocycles. The lowest BCUT2D eigenvalue weighted by Gasteiger charge is -2.04. The molecule has 0 aliphatic heterocycles. The van der Waals surface area contributed by atoms with Crippen molar-refractivity contribution < 1.29 is 4.79 Å². The second kappa shape index (κ2) is 5.81. The molecule has 0 aliphatic rings. The number of anilines is 1. The Morgan fingerprint density at radius 1 is 1.42 bits per heavy atom. The Hall–Kier alpha value is -1.92. The number of aromatic nitrogens is 1. The molecule has 2 rings (SSSR count). The Balaban J connectivity index is 1.96. The van der Waals surface area contributed by atoms with Crippen LogP contribution in [-0.2, 0) is 6.54 Å². The molecule has 6 heteroatoms. The fourth-order valence-corrected chi connectivity index (χ4v) is 2.60. The van der Waals surface area contributed by atoms with Crippen molar-refractivity contribution in [2.75, 3.05) is 5.43 Å². The van der Waals surface area contributed by atoms with Crippen LogP contribution in [-0.4, -0.2) is 10.9 Å². The van der Waals surface area contributed by atoms with E-state index in [1.165, 1.54) is 16.6 Å². The van der Waals surface area contributed by atoms with Crippen molar-refractivity contribution in [3.05, 3.63) is 45.4 Å². The lowest BCUT2D eigenvalue weighted by atomic mass is 10.3. The molecule has 2 heterocycles. The number of thiophene rings is 1. The van der Waals surface area contributed by atoms with Crippen molar-refractivity contribution >= 4 is 22.9 Å². The summed E-state index contributed by atoms with van der Waals surface area (Å²) >= 11 is 1.70. The molecule has 0 spiro atoms. The molecule has 0 aliphatic carbocycles. The van der Waals surface area contributed by atoms with E-state index in [-0.39, 0.29) is 5.91 Å². The maximum Gasteiger partial charge on any atom is 0.270 e. The quantitative estimate of drug-likeness (QED) is 0.589. The van der Waals surface area contributed by atoms with Crippen LogP contribution in [0.5, 0.6) is 0 Å². The van der Waals surface area contributed by atoms with Crippen LogP contribution < -0.4 is 16.6 Å². The topological polar surface area (TPSA) is 80.0 Å². The normalized spacial score (nSPS) is 10.3. The first-order chi connectivity index (χ1) is 9.10. The third-order valence-electron chi connectivity index (χ3n) is 2.80. The molecule has 2 aromatic heterocycles. The van der Waals surface area contributed by atoms with E-state index < -0.39 is 0 Å². The summed E-state index contributed by atoms with van der Waals surface area (Å²) in [4.78, 5) is 18.3. The summed E-state index contributed by atoms with van der Waals surface area (Å²) in [6.45, 7) is 4.67. The van der Waals surface area contributed by atoms with E-state index in [2.05, 4.69) is 35.6 Å². The predicted molar refractivity (Wildman–Crippen MR) is 77.0 cm³/mol. The molecule has 2 aromatic rings. The van der Waals surface area contributed by atoms with E-state index in [0.717, 1.165) is 4.88 Å². The van der Waals surface area contributed by atoms with E-state index in [0.29, 0.717) is 17.9 Å². The maximum absolute atomic E-state index is 11.9. The minimum atomic E-state index is -0.188. The molecular formula is C13H16N4OS. The van der Waals surface area contributed by atoms with Crippen molar-refractivity contribution in [3.8, 4) is 0 Å². The smallest absolute Gasteiger partial charge is 0.270 e. The van der Waals surface area contributed by atoms with Gasteiger partial charge in [-0.3, -0.25) is 10.6 Å². The van der Waals surface area contributed by atoms with Gasteiger partial charge in [-0.15, -0.1) is 11.3 Å². The SMILES string of the molecule is Cc1cc(CNC(=O)c2ccc(NN)cn2)sc1C. The van der Waals surface area contributed by atoms with Crippen LogP contribution in [0.2, 0.25) is 0 Å². The number of carbonyl (C=O) groups excluding carboxylic acids is 1. The van der Waals surface area contributed by atoms with E-state index in [4.69, 9.17) is 5.84 Å². The highest BCUT2D eigenvalue weighted by Gasteiger charge is 2.08. The largest absolute Gasteiger partial charge is 0.346 e. The number of hydrogen-bond acceptors (Lipinski definition) is 5. The van der Waals surface area contributed by atoms with Gasteiger partial charge < -0.3 is 10.7 Å². The minimum Gasteiger partial charge on any atom is -0.346 e. The summed E-state index contributed by atoms with van der Waals surface area (Å²) in [5.74, 6) is 5.05. The van der Waals surface area contributed by atoms with Gasteiger partial charge in [0.1, 0.15) is 5.69 Å². The van der Waals surface area contributed by atoms with Gasteiger partial charge in [0, 0.05) is 9.75 Å². The van der Waals surface area contributed by atoms with Gasteiger partial charge in [0.05, 0.1) is 18.4 Å². The van der Waals surface area contributed by atoms with Crippen molar-refractivity contribution in [3.63, 3.8) is 0 Å². The second-order valence-corrected chi connectivity index (χ2v) is 5.55. The number of nitrogens with one attached hydrogen (secondary N) is 2. The number of rotatable bonds is 4. The van der Waals surface area contributed by atoms with Gasteiger partial charge in [0.15, 0.2) is 0 Å². The predicted octanol–water partition coefficient (Wildman–Crippen LogP) is 1.98. The minimum absolute atomic E-state index is 0.188. The number of hydrazine groups is 1. The number of nitrogens with zero attached hydrogens (tertiary/aromatic N) is 1. The van der Waals surface area contributed by atoms with E-state index in [9.17, 15) is 4.79 Å². The third-order valence-corrected chi connectivity index (χ3v) is 3.96. The maximum atomic E-state index is 11.9. The summed E-state index contributed by atoms with van der Waals surface area (Å²) < 4.78 is 0. The van der Waals surface area contributed by atoms with Crippen molar-refractivity contribution in [2.24, 2.45) is 5.84 Å². The zero-order valence-electron chi connectivity index (χ0n) is 10.9. The van der Waals surface area contributed by atoms with Crippen molar-refractivity contribution in [2.45, 2.75) is 20.4 Å². The number of aryl methyl sites for hydroxylation is 2. The molecule has 19 heavy (non-hydrogen) atoms. The van der Waals surface area contributed by atoms with Gasteiger partial charge >= 0.3 is 0 Å². The highest BCUT2D eigenvalue weighted by Crippen LogP contribution is 2.20. The first-order valence-corrected chi connectivity index (χ1v) is 6.68. The number of carbonyl (C=O) groups is 1. The van der Waals surface area contributed by atoms with E-state index in [1.807, 2.05) is 0 Å². The highest BCUT2D eigenvalue weighted by molar-refractivity contribution is 7.12. The zero-order chi connectivity index (χ0) is 13.8. The fraction of sp³-hybridized carbons (Fsp3) is 0.231. The van der Waals surface area contributed by atoms with Gasteiger partial charge in [-0.25, -0.2) is 4.98 Å². The van der Waals surface area contributed by atoms with Crippen LogP contribution in [0.25, 0.3) is 0 Å². The molecule has 0 bridgehead atoms. The van der Waals surface area contributed by atoms with Crippen molar-refractivity contribution in [1.82, 2.24) is 10.3 Å². The number of pyridine rings is 1. The molecule has 0 unspecified atom stereocenters. The molecule has 4 N–H and O–H groups in total. The standard InChI is InChI=1S/C13H16N4OS/c1-8-5-11(19-9(8)2)7-16-13(18)12-4-3-10(17-14)6-15-12/h3-6,17H,7,14H2,1-2H3,(H,16,18). The first kappa shape index (κ1) is 13.5. The Kier molecular flexibility index (Phi) is 4.13. The van der Waals surface area contributed by atoms with Gasteiger partial charge in [-0.05, 0) is 37.6 Å². The van der Waals surface area contributed by atoms with Crippen LogP contribution in [0.1, 0.15) is 25.8 Å². The number of amides is 1. The second-order valence-electron chi connectivity index (χ2n) is 4.21. The van der Waals surface area contributed by atoms with Crippen LogP contribution in [0, 0.1) is 13.8 Å². The van der Waals surface area contributed by atoms with Crippen LogP contribution in [0.15, 0.2) is 24.4 Å². The molecule has 0 aromatic carbocycles. The van der Waals surface area contributed by atoms with Crippen molar-refractivity contribution in [1.29, 1.82) is 0 Å². The fourth-order valence-electron chi connectivity index (χ4n) is 1.61. The van der Waals surface area contributed by atoms with Crippen LogP contribution in [0.4, 0.5) is 5.69 Å². The van der Waals surface area contributed by atoms with Gasteiger partial charge in [0.2, 0.25) is 0 Å². The Morgan fingerprint density at radius 2 is 2.21 bits per heavy atom. The lowest BCUT2D eigenvalue weighted by molar-refractivity contribution is 0.0946. The molecule has 0 radical (unpaired) electrons.